The summed E-state index contributed by atoms with van der Waals surface area (Å²) in [6.07, 6.45) is 2.61. The third kappa shape index (κ3) is 6.42. The average molecular weight is 199 g/mol. The lowest BCUT2D eigenvalue weighted by molar-refractivity contribution is 0.164. The van der Waals surface area contributed by atoms with Crippen LogP contribution in [0, 0.1) is 16.7 Å². The normalized spacial score (nSPS) is 13.7. The van der Waals surface area contributed by atoms with E-state index >= 15 is 0 Å². The summed E-state index contributed by atoms with van der Waals surface area (Å²) in [6.45, 7) is 15.2. The van der Waals surface area contributed by atoms with Gasteiger partial charge in [0.25, 0.3) is 0 Å². The van der Waals surface area contributed by atoms with Crippen LogP contribution < -0.4 is 5.32 Å². The second-order valence-electron chi connectivity index (χ2n) is 6.63. The van der Waals surface area contributed by atoms with E-state index in [9.17, 15) is 0 Å². The minimum absolute atomic E-state index is 0.410. The van der Waals surface area contributed by atoms with E-state index in [1.165, 1.54) is 12.8 Å². The predicted molar refractivity (Wildman–Crippen MR) is 65.6 cm³/mol. The first-order chi connectivity index (χ1) is 6.18. The molecule has 0 amide bonds. The zero-order valence-electron chi connectivity index (χ0n) is 11.2. The Morgan fingerprint density at radius 2 is 1.50 bits per heavy atom. The van der Waals surface area contributed by atoms with Crippen molar-refractivity contribution in [3.8, 4) is 0 Å². The van der Waals surface area contributed by atoms with Crippen LogP contribution in [0.1, 0.15) is 54.4 Å². The maximum atomic E-state index is 3.28. The standard InChI is InChI=1S/C13H29N/c1-11(2)8-12(3,4)9-13(5,6)10-14-7/h11,14H,8-10H2,1-7H3. The van der Waals surface area contributed by atoms with Gasteiger partial charge in [-0.3, -0.25) is 0 Å². The molecule has 1 N–H and O–H groups in total. The van der Waals surface area contributed by atoms with E-state index in [0.29, 0.717) is 10.8 Å². The fraction of sp³-hybridized carbons (Fsp3) is 1.00. The Morgan fingerprint density at radius 3 is 1.86 bits per heavy atom. The Balaban J connectivity index is 4.19. The molecule has 0 aromatic carbocycles. The largest absolute Gasteiger partial charge is 0.319 e. The highest BCUT2D eigenvalue weighted by molar-refractivity contribution is 4.81. The first kappa shape index (κ1) is 14.0. The van der Waals surface area contributed by atoms with Crippen LogP contribution in [-0.4, -0.2) is 13.6 Å². The topological polar surface area (TPSA) is 12.0 Å². The molecule has 0 saturated carbocycles. The van der Waals surface area contributed by atoms with Crippen LogP contribution >= 0.6 is 0 Å². The van der Waals surface area contributed by atoms with E-state index in [1.807, 2.05) is 7.05 Å². The van der Waals surface area contributed by atoms with Crippen molar-refractivity contribution in [2.45, 2.75) is 54.4 Å². The van der Waals surface area contributed by atoms with E-state index in [2.05, 4.69) is 46.9 Å². The molecule has 14 heavy (non-hydrogen) atoms. The highest BCUT2D eigenvalue weighted by Gasteiger charge is 2.28. The van der Waals surface area contributed by atoms with Gasteiger partial charge in [0.2, 0.25) is 0 Å². The van der Waals surface area contributed by atoms with Gasteiger partial charge in [0, 0.05) is 0 Å². The van der Waals surface area contributed by atoms with Crippen LogP contribution in [-0.2, 0) is 0 Å². The average Bonchev–Trinajstić information content (AvgIpc) is 1.78. The molecule has 0 unspecified atom stereocenters. The number of nitrogens with one attached hydrogen (secondary N) is 1. The minimum Gasteiger partial charge on any atom is -0.319 e. The van der Waals surface area contributed by atoms with Crippen LogP contribution in [0.15, 0.2) is 0 Å². The van der Waals surface area contributed by atoms with Gasteiger partial charge in [-0.15, -0.1) is 0 Å². The molecule has 0 saturated heterocycles. The third-order valence-electron chi connectivity index (χ3n) is 2.57. The fourth-order valence-electron chi connectivity index (χ4n) is 3.01. The van der Waals surface area contributed by atoms with Crippen LogP contribution in [0.5, 0.6) is 0 Å². The molecule has 0 spiro atoms. The summed E-state index contributed by atoms with van der Waals surface area (Å²) < 4.78 is 0. The second-order valence-corrected chi connectivity index (χ2v) is 6.63. The molecular formula is C13H29N. The number of rotatable bonds is 6. The van der Waals surface area contributed by atoms with Crippen molar-refractivity contribution in [2.24, 2.45) is 16.7 Å². The first-order valence-electron chi connectivity index (χ1n) is 5.83. The molecule has 0 atom stereocenters. The van der Waals surface area contributed by atoms with Crippen molar-refractivity contribution in [1.29, 1.82) is 0 Å². The molecule has 86 valence electrons. The quantitative estimate of drug-likeness (QED) is 0.688. The van der Waals surface area contributed by atoms with Gasteiger partial charge < -0.3 is 5.32 Å². The zero-order chi connectivity index (χ0) is 11.4. The predicted octanol–water partition coefficient (Wildman–Crippen LogP) is 3.69. The van der Waals surface area contributed by atoms with Gasteiger partial charge >= 0.3 is 0 Å². The van der Waals surface area contributed by atoms with Crippen LogP contribution in [0.25, 0.3) is 0 Å². The minimum atomic E-state index is 0.410. The van der Waals surface area contributed by atoms with E-state index in [4.69, 9.17) is 0 Å². The Hall–Kier alpha value is -0.0400. The molecule has 0 radical (unpaired) electrons. The maximum Gasteiger partial charge on any atom is -0.0000286 e. The van der Waals surface area contributed by atoms with Crippen molar-refractivity contribution < 1.29 is 0 Å². The van der Waals surface area contributed by atoms with Crippen molar-refractivity contribution in [2.75, 3.05) is 13.6 Å². The lowest BCUT2D eigenvalue weighted by Gasteiger charge is -2.36. The highest BCUT2D eigenvalue weighted by Crippen LogP contribution is 2.37. The van der Waals surface area contributed by atoms with Crippen molar-refractivity contribution in [3.05, 3.63) is 0 Å². The summed E-state index contributed by atoms with van der Waals surface area (Å²) in [7, 11) is 2.04. The molecule has 1 nitrogen and oxygen atoms in total. The molecular weight excluding hydrogens is 170 g/mol. The molecule has 0 aliphatic rings. The van der Waals surface area contributed by atoms with Gasteiger partial charge in [0.15, 0.2) is 0 Å². The maximum absolute atomic E-state index is 3.28. The summed E-state index contributed by atoms with van der Waals surface area (Å²) in [6, 6.07) is 0. The molecule has 0 fully saturated rings. The van der Waals surface area contributed by atoms with Crippen molar-refractivity contribution in [3.63, 3.8) is 0 Å². The second kappa shape index (κ2) is 5.16. The third-order valence-corrected chi connectivity index (χ3v) is 2.57. The summed E-state index contributed by atoms with van der Waals surface area (Å²) in [5.74, 6) is 0.801. The Bertz CT molecular complexity index is 157. The van der Waals surface area contributed by atoms with Gasteiger partial charge in [0.05, 0.1) is 0 Å². The molecule has 0 aromatic heterocycles. The van der Waals surface area contributed by atoms with Crippen molar-refractivity contribution in [1.82, 2.24) is 5.32 Å². The number of hydrogen-bond acceptors (Lipinski definition) is 1. The monoisotopic (exact) mass is 199 g/mol. The first-order valence-corrected chi connectivity index (χ1v) is 5.83. The van der Waals surface area contributed by atoms with Gasteiger partial charge in [-0.05, 0) is 43.2 Å². The van der Waals surface area contributed by atoms with E-state index in [1.54, 1.807) is 0 Å². The molecule has 0 heterocycles. The molecule has 1 heteroatoms. The smallest absolute Gasteiger partial charge is 0.0000286 e. The SMILES string of the molecule is CNCC(C)(C)CC(C)(C)CC(C)C. The molecule has 0 bridgehead atoms. The van der Waals surface area contributed by atoms with E-state index in [-0.39, 0.29) is 0 Å². The van der Waals surface area contributed by atoms with Crippen LogP contribution in [0.3, 0.4) is 0 Å². The van der Waals surface area contributed by atoms with Gasteiger partial charge in [-0.1, -0.05) is 41.5 Å². The summed E-state index contributed by atoms with van der Waals surface area (Å²) in [5.41, 5.74) is 0.877. The zero-order valence-corrected chi connectivity index (χ0v) is 11.2. The Morgan fingerprint density at radius 1 is 1.00 bits per heavy atom. The molecule has 0 aromatic rings. The number of hydrogen-bond donors (Lipinski definition) is 1. The lowest BCUT2D eigenvalue weighted by atomic mass is 9.71. The van der Waals surface area contributed by atoms with Crippen LogP contribution in [0.2, 0.25) is 0 Å². The molecule has 0 aliphatic heterocycles. The molecule has 0 rings (SSSR count). The fourth-order valence-corrected chi connectivity index (χ4v) is 3.01. The van der Waals surface area contributed by atoms with Crippen LogP contribution in [0.4, 0.5) is 0 Å². The summed E-state index contributed by atoms with van der Waals surface area (Å²) >= 11 is 0. The van der Waals surface area contributed by atoms with E-state index in [0.717, 1.165) is 12.5 Å². The Labute approximate surface area is 90.7 Å². The van der Waals surface area contributed by atoms with Gasteiger partial charge in [-0.2, -0.15) is 0 Å². The van der Waals surface area contributed by atoms with Gasteiger partial charge in [0.1, 0.15) is 0 Å². The summed E-state index contributed by atoms with van der Waals surface area (Å²) in [4.78, 5) is 0. The van der Waals surface area contributed by atoms with Gasteiger partial charge in [-0.25, -0.2) is 0 Å². The Kier molecular flexibility index (Phi) is 5.14. The van der Waals surface area contributed by atoms with E-state index < -0.39 is 0 Å². The highest BCUT2D eigenvalue weighted by atomic mass is 14.8. The molecule has 0 aliphatic carbocycles. The summed E-state index contributed by atoms with van der Waals surface area (Å²) in [5, 5.41) is 3.28. The lowest BCUT2D eigenvalue weighted by Crippen LogP contribution is -2.32. The van der Waals surface area contributed by atoms with Crippen molar-refractivity contribution >= 4 is 0 Å².